The maximum atomic E-state index is 13.4. The van der Waals surface area contributed by atoms with Crippen molar-refractivity contribution in [2.24, 2.45) is 0 Å². The highest BCUT2D eigenvalue weighted by molar-refractivity contribution is 5.76. The molecule has 0 spiro atoms. The van der Waals surface area contributed by atoms with E-state index in [1.54, 1.807) is 0 Å². The molecule has 1 fully saturated rings. The van der Waals surface area contributed by atoms with Crippen molar-refractivity contribution in [1.82, 2.24) is 9.80 Å². The van der Waals surface area contributed by atoms with Crippen LogP contribution in [0.3, 0.4) is 0 Å². The first-order chi connectivity index (χ1) is 18.2. The van der Waals surface area contributed by atoms with Crippen molar-refractivity contribution in [3.63, 3.8) is 0 Å². The number of hydrogen-bond donors (Lipinski definition) is 0. The van der Waals surface area contributed by atoms with Gasteiger partial charge in [0.15, 0.2) is 0 Å². The summed E-state index contributed by atoms with van der Waals surface area (Å²) in [6.07, 6.45) is 0. The molecule has 5 rings (SSSR count). The van der Waals surface area contributed by atoms with E-state index in [1.165, 1.54) is 22.3 Å². The third-order valence-corrected chi connectivity index (χ3v) is 7.33. The molecule has 37 heavy (non-hydrogen) atoms. The smallest absolute Gasteiger partial charge is 0.324 e. The summed E-state index contributed by atoms with van der Waals surface area (Å²) in [5.74, 6) is -0.161. The Balaban J connectivity index is 1.62. The van der Waals surface area contributed by atoms with Crippen LogP contribution >= 0.6 is 0 Å². The average molecular weight is 491 g/mol. The molecular weight excluding hydrogens is 456 g/mol. The van der Waals surface area contributed by atoms with Crippen LogP contribution in [-0.2, 0) is 21.6 Å². The Hall–Kier alpha value is -3.73. The van der Waals surface area contributed by atoms with Crippen LogP contribution < -0.4 is 0 Å². The Labute approximate surface area is 220 Å². The summed E-state index contributed by atoms with van der Waals surface area (Å²) in [5.41, 5.74) is 4.21. The Morgan fingerprint density at radius 1 is 0.730 bits per heavy atom. The number of carbonyl (C=O) groups excluding carboxylic acids is 1. The van der Waals surface area contributed by atoms with Gasteiger partial charge < -0.3 is 4.74 Å². The van der Waals surface area contributed by atoms with Gasteiger partial charge in [-0.2, -0.15) is 0 Å². The molecule has 0 aromatic heterocycles. The predicted octanol–water partition coefficient (Wildman–Crippen LogP) is 5.73. The van der Waals surface area contributed by atoms with Gasteiger partial charge in [-0.25, -0.2) is 0 Å². The Morgan fingerprint density at radius 3 is 1.65 bits per heavy atom. The molecule has 0 radical (unpaired) electrons. The molecule has 1 atom stereocenters. The van der Waals surface area contributed by atoms with E-state index in [-0.39, 0.29) is 12.0 Å². The van der Waals surface area contributed by atoms with Crippen LogP contribution in [0.4, 0.5) is 0 Å². The molecule has 1 aliphatic rings. The number of piperazine rings is 1. The minimum Gasteiger partial charge on any atom is -0.465 e. The second kappa shape index (κ2) is 11.5. The average Bonchev–Trinajstić information content (AvgIpc) is 2.96. The van der Waals surface area contributed by atoms with Gasteiger partial charge in [0.25, 0.3) is 0 Å². The fourth-order valence-corrected chi connectivity index (χ4v) is 5.68. The maximum Gasteiger partial charge on any atom is 0.324 e. The van der Waals surface area contributed by atoms with E-state index in [4.69, 9.17) is 4.74 Å². The molecule has 1 heterocycles. The van der Waals surface area contributed by atoms with Gasteiger partial charge in [0.2, 0.25) is 0 Å². The SMILES string of the molecule is CCOC(=O)C1CN(C(c2ccccc2)(c2ccccc2)c2ccccc2)CCN1Cc1ccccc1. The van der Waals surface area contributed by atoms with Crippen molar-refractivity contribution in [2.45, 2.75) is 25.0 Å². The summed E-state index contributed by atoms with van der Waals surface area (Å²) < 4.78 is 5.62. The van der Waals surface area contributed by atoms with E-state index < -0.39 is 5.54 Å². The van der Waals surface area contributed by atoms with Crippen molar-refractivity contribution in [3.05, 3.63) is 144 Å². The van der Waals surface area contributed by atoms with E-state index in [0.29, 0.717) is 19.7 Å². The Bertz CT molecular complexity index is 1170. The highest BCUT2D eigenvalue weighted by Gasteiger charge is 2.46. The molecule has 0 aliphatic carbocycles. The van der Waals surface area contributed by atoms with E-state index in [1.807, 2.05) is 13.0 Å². The van der Waals surface area contributed by atoms with Gasteiger partial charge in [0.1, 0.15) is 6.04 Å². The van der Waals surface area contributed by atoms with Gasteiger partial charge in [-0.1, -0.05) is 121 Å². The molecule has 4 aromatic carbocycles. The van der Waals surface area contributed by atoms with Gasteiger partial charge >= 0.3 is 5.97 Å². The first kappa shape index (κ1) is 24.9. The predicted molar refractivity (Wildman–Crippen MR) is 148 cm³/mol. The van der Waals surface area contributed by atoms with Gasteiger partial charge in [-0.05, 0) is 29.2 Å². The number of carbonyl (C=O) groups is 1. The van der Waals surface area contributed by atoms with Gasteiger partial charge in [-0.3, -0.25) is 14.6 Å². The topological polar surface area (TPSA) is 32.8 Å². The highest BCUT2D eigenvalue weighted by atomic mass is 16.5. The standard InChI is InChI=1S/C33H34N2O2/c1-2-37-32(36)31-26-35(24-23-34(31)25-27-15-7-3-8-16-27)33(28-17-9-4-10-18-28,29-19-11-5-12-20-29)30-21-13-6-14-22-30/h3-22,31H,2,23-26H2,1H3. The van der Waals surface area contributed by atoms with Gasteiger partial charge in [-0.15, -0.1) is 0 Å². The summed E-state index contributed by atoms with van der Waals surface area (Å²) in [7, 11) is 0. The monoisotopic (exact) mass is 490 g/mol. The quantitative estimate of drug-likeness (QED) is 0.233. The summed E-state index contributed by atoms with van der Waals surface area (Å²) in [4.78, 5) is 18.1. The van der Waals surface area contributed by atoms with Crippen molar-refractivity contribution < 1.29 is 9.53 Å². The molecule has 0 saturated carbocycles. The van der Waals surface area contributed by atoms with E-state index in [2.05, 4.69) is 125 Å². The third-order valence-electron chi connectivity index (χ3n) is 7.33. The lowest BCUT2D eigenvalue weighted by Crippen LogP contribution is -2.62. The molecular formula is C33H34N2O2. The molecule has 0 N–H and O–H groups in total. The molecule has 0 bridgehead atoms. The fraction of sp³-hybridized carbons (Fsp3) is 0.242. The lowest BCUT2D eigenvalue weighted by Gasteiger charge is -2.51. The number of esters is 1. The maximum absolute atomic E-state index is 13.4. The molecule has 4 aromatic rings. The molecule has 1 saturated heterocycles. The van der Waals surface area contributed by atoms with Crippen LogP contribution in [0, 0.1) is 0 Å². The van der Waals surface area contributed by atoms with Gasteiger partial charge in [0, 0.05) is 26.2 Å². The first-order valence-corrected chi connectivity index (χ1v) is 13.1. The zero-order chi connectivity index (χ0) is 25.5. The molecule has 4 nitrogen and oxygen atoms in total. The van der Waals surface area contributed by atoms with E-state index in [0.717, 1.165) is 13.1 Å². The minimum absolute atomic E-state index is 0.161. The van der Waals surface area contributed by atoms with Crippen LogP contribution in [0.2, 0.25) is 0 Å². The molecule has 0 amide bonds. The van der Waals surface area contributed by atoms with E-state index in [9.17, 15) is 4.79 Å². The summed E-state index contributed by atoms with van der Waals surface area (Å²) in [6, 6.07) is 42.0. The summed E-state index contributed by atoms with van der Waals surface area (Å²) >= 11 is 0. The normalized spacial score (nSPS) is 16.8. The number of benzene rings is 4. The van der Waals surface area contributed by atoms with Crippen molar-refractivity contribution in [3.8, 4) is 0 Å². The molecule has 188 valence electrons. The molecule has 1 aliphatic heterocycles. The third kappa shape index (κ3) is 5.08. The minimum atomic E-state index is -0.548. The van der Waals surface area contributed by atoms with Crippen LogP contribution in [0.1, 0.15) is 29.2 Å². The lowest BCUT2D eigenvalue weighted by molar-refractivity contribution is -0.153. The van der Waals surface area contributed by atoms with Crippen LogP contribution in [-0.4, -0.2) is 48.1 Å². The lowest BCUT2D eigenvalue weighted by atomic mass is 9.75. The molecule has 1 unspecified atom stereocenters. The zero-order valence-electron chi connectivity index (χ0n) is 21.4. The van der Waals surface area contributed by atoms with Crippen molar-refractivity contribution >= 4 is 5.97 Å². The number of hydrogen-bond acceptors (Lipinski definition) is 4. The van der Waals surface area contributed by atoms with Crippen molar-refractivity contribution in [2.75, 3.05) is 26.2 Å². The van der Waals surface area contributed by atoms with Crippen LogP contribution in [0.5, 0.6) is 0 Å². The van der Waals surface area contributed by atoms with Crippen molar-refractivity contribution in [1.29, 1.82) is 0 Å². The first-order valence-electron chi connectivity index (χ1n) is 13.1. The molecule has 4 heteroatoms. The van der Waals surface area contributed by atoms with Crippen LogP contribution in [0.25, 0.3) is 0 Å². The number of ether oxygens (including phenoxy) is 1. The Morgan fingerprint density at radius 2 is 1.19 bits per heavy atom. The Kier molecular flexibility index (Phi) is 7.79. The summed E-state index contributed by atoms with van der Waals surface area (Å²) in [6.45, 7) is 5.09. The highest BCUT2D eigenvalue weighted by Crippen LogP contribution is 2.43. The fourth-order valence-electron chi connectivity index (χ4n) is 5.68. The van der Waals surface area contributed by atoms with Crippen LogP contribution in [0.15, 0.2) is 121 Å². The zero-order valence-corrected chi connectivity index (χ0v) is 21.4. The van der Waals surface area contributed by atoms with E-state index >= 15 is 0 Å². The number of nitrogens with zero attached hydrogens (tertiary/aromatic N) is 2. The summed E-state index contributed by atoms with van der Waals surface area (Å²) in [5, 5.41) is 0. The largest absolute Gasteiger partial charge is 0.465 e. The second-order valence-corrected chi connectivity index (χ2v) is 9.48. The second-order valence-electron chi connectivity index (χ2n) is 9.48. The number of rotatable bonds is 8. The van der Waals surface area contributed by atoms with Gasteiger partial charge in [0.05, 0.1) is 12.1 Å².